The fraction of sp³-hybridized carbons (Fsp3) is 0.250. The van der Waals surface area contributed by atoms with Gasteiger partial charge in [0.25, 0.3) is 0 Å². The molecule has 0 fully saturated rings. The highest BCUT2D eigenvalue weighted by Gasteiger charge is 2.11. The molecule has 0 aliphatic rings. The summed E-state index contributed by atoms with van der Waals surface area (Å²) in [6, 6.07) is 4.11. The Morgan fingerprint density at radius 2 is 2.00 bits per heavy atom. The van der Waals surface area contributed by atoms with Crippen LogP contribution in [-0.2, 0) is 0 Å². The van der Waals surface area contributed by atoms with Gasteiger partial charge in [-0.05, 0) is 37.1 Å². The van der Waals surface area contributed by atoms with Crippen molar-refractivity contribution in [2.24, 2.45) is 5.84 Å². The minimum absolute atomic E-state index is 0.695. The van der Waals surface area contributed by atoms with E-state index < -0.39 is 0 Å². The summed E-state index contributed by atoms with van der Waals surface area (Å²) >= 11 is 1.47. The molecule has 0 bridgehead atoms. The number of nitrogens with two attached hydrogens (primary N) is 1. The number of methoxy groups -OCH3 is 1. The molecule has 1 aromatic heterocycles. The van der Waals surface area contributed by atoms with Gasteiger partial charge in [0.15, 0.2) is 5.13 Å². The number of anilines is 1. The quantitative estimate of drug-likeness (QED) is 0.648. The van der Waals surface area contributed by atoms with Crippen LogP contribution in [0.25, 0.3) is 11.3 Å². The molecule has 0 radical (unpaired) electrons. The second-order valence-corrected chi connectivity index (χ2v) is 4.68. The molecule has 0 amide bonds. The maximum atomic E-state index is 5.39. The molecule has 1 heterocycles. The molecule has 0 spiro atoms. The lowest BCUT2D eigenvalue weighted by molar-refractivity contribution is 0.416. The zero-order chi connectivity index (χ0) is 12.4. The SMILES string of the molecule is COc1cc(C)c(C)cc1-c1csc(NN)n1. The lowest BCUT2D eigenvalue weighted by atomic mass is 10.0. The first-order chi connectivity index (χ1) is 8.15. The van der Waals surface area contributed by atoms with Gasteiger partial charge < -0.3 is 4.74 Å². The van der Waals surface area contributed by atoms with E-state index in [4.69, 9.17) is 10.6 Å². The first kappa shape index (κ1) is 11.9. The lowest BCUT2D eigenvalue weighted by Gasteiger charge is -2.09. The molecule has 0 unspecified atom stereocenters. The van der Waals surface area contributed by atoms with Crippen molar-refractivity contribution in [3.63, 3.8) is 0 Å². The Balaban J connectivity index is 2.53. The van der Waals surface area contributed by atoms with Crippen LogP contribution in [0.3, 0.4) is 0 Å². The minimum atomic E-state index is 0.695. The van der Waals surface area contributed by atoms with Crippen molar-refractivity contribution in [1.29, 1.82) is 0 Å². The van der Waals surface area contributed by atoms with Crippen LogP contribution in [0, 0.1) is 13.8 Å². The first-order valence-electron chi connectivity index (χ1n) is 5.23. The highest BCUT2D eigenvalue weighted by Crippen LogP contribution is 2.34. The molecule has 0 atom stereocenters. The van der Waals surface area contributed by atoms with Crippen LogP contribution in [0.5, 0.6) is 5.75 Å². The van der Waals surface area contributed by atoms with Crippen LogP contribution < -0.4 is 16.0 Å². The smallest absolute Gasteiger partial charge is 0.197 e. The monoisotopic (exact) mass is 249 g/mol. The molecule has 3 N–H and O–H groups in total. The van der Waals surface area contributed by atoms with E-state index in [0.717, 1.165) is 17.0 Å². The van der Waals surface area contributed by atoms with Crippen molar-refractivity contribution < 1.29 is 4.74 Å². The Hall–Kier alpha value is -1.59. The number of benzene rings is 1. The maximum Gasteiger partial charge on any atom is 0.197 e. The van der Waals surface area contributed by atoms with Crippen LogP contribution >= 0.6 is 11.3 Å². The highest BCUT2D eigenvalue weighted by molar-refractivity contribution is 7.14. The van der Waals surface area contributed by atoms with Gasteiger partial charge in [-0.15, -0.1) is 11.3 Å². The summed E-state index contributed by atoms with van der Waals surface area (Å²) < 4.78 is 5.39. The van der Waals surface area contributed by atoms with E-state index >= 15 is 0 Å². The van der Waals surface area contributed by atoms with E-state index in [2.05, 4.69) is 30.3 Å². The molecular weight excluding hydrogens is 234 g/mol. The normalized spacial score (nSPS) is 10.4. The molecule has 2 rings (SSSR count). The van der Waals surface area contributed by atoms with Gasteiger partial charge in [0.2, 0.25) is 0 Å². The van der Waals surface area contributed by atoms with Crippen LogP contribution in [0.1, 0.15) is 11.1 Å². The van der Waals surface area contributed by atoms with Crippen LogP contribution in [-0.4, -0.2) is 12.1 Å². The molecular formula is C12H15N3OS. The Labute approximate surface area is 104 Å². The summed E-state index contributed by atoms with van der Waals surface area (Å²) in [6.07, 6.45) is 0. The number of nitrogens with zero attached hydrogens (tertiary/aromatic N) is 1. The van der Waals surface area contributed by atoms with Gasteiger partial charge in [0.05, 0.1) is 12.8 Å². The average Bonchev–Trinajstić information content (AvgIpc) is 2.80. The van der Waals surface area contributed by atoms with Crippen molar-refractivity contribution in [2.75, 3.05) is 12.5 Å². The number of nitrogens with one attached hydrogen (secondary N) is 1. The number of hydrogen-bond donors (Lipinski definition) is 2. The summed E-state index contributed by atoms with van der Waals surface area (Å²) in [5.41, 5.74) is 6.84. The number of hydrazine groups is 1. The third-order valence-electron chi connectivity index (χ3n) is 2.72. The summed E-state index contributed by atoms with van der Waals surface area (Å²) in [7, 11) is 1.67. The lowest BCUT2D eigenvalue weighted by Crippen LogP contribution is -2.05. The zero-order valence-corrected chi connectivity index (χ0v) is 10.9. The molecule has 0 saturated carbocycles. The van der Waals surface area contributed by atoms with E-state index in [0.29, 0.717) is 5.13 Å². The molecule has 5 heteroatoms. The van der Waals surface area contributed by atoms with E-state index in [9.17, 15) is 0 Å². The van der Waals surface area contributed by atoms with Crippen molar-refractivity contribution in [3.05, 3.63) is 28.6 Å². The number of ether oxygens (including phenoxy) is 1. The van der Waals surface area contributed by atoms with E-state index in [1.807, 2.05) is 11.4 Å². The van der Waals surface area contributed by atoms with Crippen molar-refractivity contribution in [3.8, 4) is 17.0 Å². The van der Waals surface area contributed by atoms with Crippen molar-refractivity contribution in [2.45, 2.75) is 13.8 Å². The van der Waals surface area contributed by atoms with Gasteiger partial charge in [-0.25, -0.2) is 10.8 Å². The fourth-order valence-electron chi connectivity index (χ4n) is 1.62. The Bertz CT molecular complexity index is 537. The Morgan fingerprint density at radius 1 is 1.29 bits per heavy atom. The van der Waals surface area contributed by atoms with Crippen LogP contribution in [0.4, 0.5) is 5.13 Å². The molecule has 90 valence electrons. The minimum Gasteiger partial charge on any atom is -0.496 e. The molecule has 0 aliphatic heterocycles. The van der Waals surface area contributed by atoms with Crippen LogP contribution in [0.15, 0.2) is 17.5 Å². The molecule has 0 saturated heterocycles. The van der Waals surface area contributed by atoms with Gasteiger partial charge in [0, 0.05) is 10.9 Å². The summed E-state index contributed by atoms with van der Waals surface area (Å²) in [5.74, 6) is 6.17. The van der Waals surface area contributed by atoms with Gasteiger partial charge in [-0.3, -0.25) is 5.43 Å². The number of aryl methyl sites for hydroxylation is 2. The topological polar surface area (TPSA) is 60.2 Å². The highest BCUT2D eigenvalue weighted by atomic mass is 32.1. The van der Waals surface area contributed by atoms with Crippen molar-refractivity contribution in [1.82, 2.24) is 4.98 Å². The molecule has 1 aromatic carbocycles. The fourth-order valence-corrected chi connectivity index (χ4v) is 2.24. The average molecular weight is 249 g/mol. The molecule has 4 nitrogen and oxygen atoms in total. The second kappa shape index (κ2) is 4.73. The van der Waals surface area contributed by atoms with Crippen LogP contribution in [0.2, 0.25) is 0 Å². The van der Waals surface area contributed by atoms with Gasteiger partial charge >= 0.3 is 0 Å². The largest absolute Gasteiger partial charge is 0.496 e. The predicted octanol–water partition coefficient (Wildman–Crippen LogP) is 2.72. The van der Waals surface area contributed by atoms with Gasteiger partial charge in [-0.2, -0.15) is 0 Å². The molecule has 17 heavy (non-hydrogen) atoms. The number of rotatable bonds is 3. The predicted molar refractivity (Wildman–Crippen MR) is 71.4 cm³/mol. The Morgan fingerprint density at radius 3 is 2.59 bits per heavy atom. The number of thiazole rings is 1. The number of nitrogen functional groups attached to an aromatic ring is 1. The zero-order valence-electron chi connectivity index (χ0n) is 10.1. The first-order valence-corrected chi connectivity index (χ1v) is 6.11. The number of hydrogen-bond acceptors (Lipinski definition) is 5. The van der Waals surface area contributed by atoms with E-state index in [1.165, 1.54) is 22.5 Å². The summed E-state index contributed by atoms with van der Waals surface area (Å²) in [6.45, 7) is 4.14. The summed E-state index contributed by atoms with van der Waals surface area (Å²) in [4.78, 5) is 4.38. The van der Waals surface area contributed by atoms with E-state index in [1.54, 1.807) is 7.11 Å². The van der Waals surface area contributed by atoms with Gasteiger partial charge in [-0.1, -0.05) is 0 Å². The Kier molecular flexibility index (Phi) is 3.31. The number of aromatic nitrogens is 1. The maximum absolute atomic E-state index is 5.39. The second-order valence-electron chi connectivity index (χ2n) is 3.82. The van der Waals surface area contributed by atoms with Gasteiger partial charge in [0.1, 0.15) is 5.75 Å². The molecule has 2 aromatic rings. The van der Waals surface area contributed by atoms with E-state index in [-0.39, 0.29) is 0 Å². The molecule has 0 aliphatic carbocycles. The standard InChI is InChI=1S/C12H15N3OS/c1-7-4-9(11(16-3)5-8(7)2)10-6-17-12(14-10)15-13/h4-6H,13H2,1-3H3,(H,14,15). The van der Waals surface area contributed by atoms with Crippen molar-refractivity contribution >= 4 is 16.5 Å². The third kappa shape index (κ3) is 2.25. The summed E-state index contributed by atoms with van der Waals surface area (Å²) in [5, 5.41) is 2.65. The third-order valence-corrected chi connectivity index (χ3v) is 3.49.